The molecule has 3 aromatic carbocycles. The maximum Gasteiger partial charge on any atom is 0.115 e. The van der Waals surface area contributed by atoms with Crippen molar-refractivity contribution in [2.45, 2.75) is 70.1 Å². The smallest absolute Gasteiger partial charge is 0.115 e. The van der Waals surface area contributed by atoms with Crippen LogP contribution in [0.25, 0.3) is 0 Å². The van der Waals surface area contributed by atoms with Gasteiger partial charge in [-0.2, -0.15) is 0 Å². The average Bonchev–Trinajstić information content (AvgIpc) is 2.80. The average molecular weight is 433 g/mol. The van der Waals surface area contributed by atoms with Gasteiger partial charge in [0.05, 0.1) is 0 Å². The lowest BCUT2D eigenvalue weighted by Crippen LogP contribution is -2.32. The Kier molecular flexibility index (Phi) is 8.21. The summed E-state index contributed by atoms with van der Waals surface area (Å²) in [7, 11) is 0. The highest BCUT2D eigenvalue weighted by molar-refractivity contribution is 5.47. The van der Waals surface area contributed by atoms with Crippen LogP contribution in [0.2, 0.25) is 0 Å². The van der Waals surface area contributed by atoms with Gasteiger partial charge < -0.3 is 15.3 Å². The summed E-state index contributed by atoms with van der Waals surface area (Å²) in [6, 6.07) is 22.5. The van der Waals surface area contributed by atoms with Gasteiger partial charge in [0.1, 0.15) is 17.2 Å². The minimum absolute atomic E-state index is 0.170. The van der Waals surface area contributed by atoms with Crippen molar-refractivity contribution in [3.05, 3.63) is 89.5 Å². The lowest BCUT2D eigenvalue weighted by molar-refractivity contribution is 0.400. The number of aromatic hydroxyl groups is 3. The summed E-state index contributed by atoms with van der Waals surface area (Å²) in [5, 5.41) is 29.7. The van der Waals surface area contributed by atoms with E-state index in [2.05, 4.69) is 13.8 Å². The number of phenolic OH excluding ortho intramolecular Hbond substituents is 3. The minimum atomic E-state index is -0.373. The molecule has 3 rings (SSSR count). The van der Waals surface area contributed by atoms with Gasteiger partial charge in [-0.3, -0.25) is 0 Å². The quantitative estimate of drug-likeness (QED) is 0.273. The monoisotopic (exact) mass is 432 g/mol. The number of benzene rings is 3. The molecule has 170 valence electrons. The van der Waals surface area contributed by atoms with Crippen LogP contribution in [0.3, 0.4) is 0 Å². The lowest BCUT2D eigenvalue weighted by atomic mass is 9.63. The summed E-state index contributed by atoms with van der Waals surface area (Å²) in [4.78, 5) is 0. The van der Waals surface area contributed by atoms with E-state index in [-0.39, 0.29) is 28.6 Å². The second-order valence-corrected chi connectivity index (χ2v) is 9.00. The highest BCUT2D eigenvalue weighted by Gasteiger charge is 2.38. The van der Waals surface area contributed by atoms with Crippen molar-refractivity contribution in [1.82, 2.24) is 0 Å². The highest BCUT2D eigenvalue weighted by Crippen LogP contribution is 2.47. The SMILES string of the molecule is CCCCCCCCC(c1ccc(O)cc1)C(C)(c1ccc(O)cc1)c1ccc(O)cc1. The van der Waals surface area contributed by atoms with Gasteiger partial charge in [0.15, 0.2) is 0 Å². The zero-order valence-electron chi connectivity index (χ0n) is 19.3. The van der Waals surface area contributed by atoms with Crippen molar-refractivity contribution >= 4 is 0 Å². The van der Waals surface area contributed by atoms with E-state index < -0.39 is 0 Å². The van der Waals surface area contributed by atoms with E-state index in [1.54, 1.807) is 36.4 Å². The van der Waals surface area contributed by atoms with Crippen LogP contribution in [-0.4, -0.2) is 15.3 Å². The third-order valence-corrected chi connectivity index (χ3v) is 6.77. The Morgan fingerprint density at radius 1 is 0.594 bits per heavy atom. The fourth-order valence-corrected chi connectivity index (χ4v) is 4.81. The van der Waals surface area contributed by atoms with Crippen molar-refractivity contribution in [1.29, 1.82) is 0 Å². The Balaban J connectivity index is 2.02. The molecule has 0 aliphatic carbocycles. The molecule has 0 fully saturated rings. The van der Waals surface area contributed by atoms with E-state index in [0.717, 1.165) is 24.0 Å². The number of hydrogen-bond acceptors (Lipinski definition) is 3. The molecule has 32 heavy (non-hydrogen) atoms. The van der Waals surface area contributed by atoms with Gasteiger partial charge in [-0.25, -0.2) is 0 Å². The number of hydrogen-bond donors (Lipinski definition) is 3. The molecule has 0 saturated carbocycles. The van der Waals surface area contributed by atoms with E-state index in [9.17, 15) is 15.3 Å². The molecule has 0 aromatic heterocycles. The summed E-state index contributed by atoms with van der Waals surface area (Å²) in [5.41, 5.74) is 3.04. The molecule has 1 unspecified atom stereocenters. The fraction of sp³-hybridized carbons (Fsp3) is 0.379. The number of unbranched alkanes of at least 4 members (excludes halogenated alkanes) is 5. The number of rotatable bonds is 11. The van der Waals surface area contributed by atoms with Gasteiger partial charge in [0.2, 0.25) is 0 Å². The molecule has 3 heteroatoms. The Labute approximate surface area is 192 Å². The molecular weight excluding hydrogens is 396 g/mol. The van der Waals surface area contributed by atoms with Crippen molar-refractivity contribution < 1.29 is 15.3 Å². The molecule has 0 aliphatic rings. The molecule has 0 aliphatic heterocycles. The molecule has 3 aromatic rings. The van der Waals surface area contributed by atoms with Gasteiger partial charge >= 0.3 is 0 Å². The van der Waals surface area contributed by atoms with E-state index in [1.165, 1.54) is 37.7 Å². The van der Waals surface area contributed by atoms with Crippen LogP contribution >= 0.6 is 0 Å². The summed E-state index contributed by atoms with van der Waals surface area (Å²) < 4.78 is 0. The van der Waals surface area contributed by atoms with Gasteiger partial charge in [-0.1, -0.05) is 88.8 Å². The first-order valence-corrected chi connectivity index (χ1v) is 11.8. The van der Waals surface area contributed by atoms with Crippen LogP contribution in [0.15, 0.2) is 72.8 Å². The second kappa shape index (κ2) is 11.1. The van der Waals surface area contributed by atoms with Crippen molar-refractivity contribution in [2.24, 2.45) is 0 Å². The highest BCUT2D eigenvalue weighted by atomic mass is 16.3. The van der Waals surface area contributed by atoms with Crippen molar-refractivity contribution in [3.63, 3.8) is 0 Å². The van der Waals surface area contributed by atoms with Crippen LogP contribution in [0.4, 0.5) is 0 Å². The molecule has 0 saturated heterocycles. The van der Waals surface area contributed by atoms with E-state index in [1.807, 2.05) is 36.4 Å². The van der Waals surface area contributed by atoms with Gasteiger partial charge in [0.25, 0.3) is 0 Å². The molecule has 0 spiro atoms. The zero-order valence-corrected chi connectivity index (χ0v) is 19.3. The first kappa shape index (κ1) is 23.7. The fourth-order valence-electron chi connectivity index (χ4n) is 4.81. The first-order valence-electron chi connectivity index (χ1n) is 11.8. The van der Waals surface area contributed by atoms with Crippen molar-refractivity contribution in [3.8, 4) is 17.2 Å². The standard InChI is InChI=1S/C29H36O3/c1-3-4-5-6-7-8-9-28(22-10-16-25(30)17-11-22)29(2,23-12-18-26(31)19-13-23)24-14-20-27(32)21-15-24/h10-21,28,30-32H,3-9H2,1-2H3. The van der Waals surface area contributed by atoms with Gasteiger partial charge in [0, 0.05) is 5.41 Å². The minimum Gasteiger partial charge on any atom is -0.508 e. The molecule has 0 bridgehead atoms. The zero-order chi connectivity index (χ0) is 23.0. The molecule has 0 heterocycles. The Hall–Kier alpha value is -2.94. The third kappa shape index (κ3) is 5.64. The van der Waals surface area contributed by atoms with E-state index in [0.29, 0.717) is 0 Å². The molecule has 3 N–H and O–H groups in total. The molecule has 0 radical (unpaired) electrons. The Morgan fingerprint density at radius 3 is 1.47 bits per heavy atom. The van der Waals surface area contributed by atoms with Crippen LogP contribution in [0.5, 0.6) is 17.2 Å². The van der Waals surface area contributed by atoms with Crippen molar-refractivity contribution in [2.75, 3.05) is 0 Å². The van der Waals surface area contributed by atoms with E-state index >= 15 is 0 Å². The van der Waals surface area contributed by atoms with Crippen LogP contribution in [-0.2, 0) is 5.41 Å². The molecule has 3 nitrogen and oxygen atoms in total. The lowest BCUT2D eigenvalue weighted by Gasteiger charge is -2.40. The van der Waals surface area contributed by atoms with Crippen LogP contribution in [0.1, 0.15) is 81.4 Å². The normalized spacial score (nSPS) is 12.6. The summed E-state index contributed by atoms with van der Waals surface area (Å²) in [5.74, 6) is 0.934. The molecule has 0 amide bonds. The molecule has 1 atom stereocenters. The van der Waals surface area contributed by atoms with Crippen LogP contribution in [0, 0.1) is 0 Å². The Morgan fingerprint density at radius 2 is 1.00 bits per heavy atom. The number of phenols is 3. The summed E-state index contributed by atoms with van der Waals surface area (Å²) in [6.07, 6.45) is 8.42. The largest absolute Gasteiger partial charge is 0.508 e. The molecular formula is C29H36O3. The predicted molar refractivity (Wildman–Crippen MR) is 132 cm³/mol. The predicted octanol–water partition coefficient (Wildman–Crippen LogP) is 7.64. The topological polar surface area (TPSA) is 60.7 Å². The summed E-state index contributed by atoms with van der Waals surface area (Å²) in [6.45, 7) is 4.49. The van der Waals surface area contributed by atoms with Gasteiger partial charge in [-0.05, 0) is 65.4 Å². The van der Waals surface area contributed by atoms with Gasteiger partial charge in [-0.15, -0.1) is 0 Å². The summed E-state index contributed by atoms with van der Waals surface area (Å²) >= 11 is 0. The third-order valence-electron chi connectivity index (χ3n) is 6.77. The second-order valence-electron chi connectivity index (χ2n) is 9.00. The van der Waals surface area contributed by atoms with E-state index in [4.69, 9.17) is 0 Å². The maximum absolute atomic E-state index is 9.90. The first-order chi connectivity index (χ1) is 15.4. The maximum atomic E-state index is 9.90. The van der Waals surface area contributed by atoms with Crippen LogP contribution < -0.4 is 0 Å². The Bertz CT molecular complexity index is 898.